The number of halogens is 2. The van der Waals surface area contributed by atoms with E-state index < -0.39 is 0 Å². The molecule has 0 aliphatic rings. The molecule has 0 saturated carbocycles. The molecule has 0 radical (unpaired) electrons. The zero-order chi connectivity index (χ0) is 14.0. The number of aryl methyl sites for hydroxylation is 2. The minimum absolute atomic E-state index is 0.00741. The van der Waals surface area contributed by atoms with Gasteiger partial charge in [-0.3, -0.25) is 0 Å². The van der Waals surface area contributed by atoms with E-state index in [0.717, 1.165) is 15.6 Å². The summed E-state index contributed by atoms with van der Waals surface area (Å²) in [5, 5.41) is 3.24. The molecule has 100 valence electrons. The fourth-order valence-corrected chi connectivity index (χ4v) is 2.50. The number of nitrogens with one attached hydrogen (secondary N) is 1. The van der Waals surface area contributed by atoms with Crippen molar-refractivity contribution in [3.05, 3.63) is 68.9 Å². The van der Waals surface area contributed by atoms with Gasteiger partial charge in [-0.25, -0.2) is 4.39 Å². The molecular weight excluding hydrogens is 305 g/mol. The maximum absolute atomic E-state index is 13.7. The number of benzene rings is 2. The Morgan fingerprint density at radius 1 is 1.00 bits per heavy atom. The van der Waals surface area contributed by atoms with E-state index in [9.17, 15) is 4.39 Å². The van der Waals surface area contributed by atoms with Crippen LogP contribution in [0.25, 0.3) is 0 Å². The first kappa shape index (κ1) is 14.2. The van der Waals surface area contributed by atoms with Gasteiger partial charge in [-0.05, 0) is 55.3 Å². The van der Waals surface area contributed by atoms with Crippen molar-refractivity contribution in [1.82, 2.24) is 5.32 Å². The Hall–Kier alpha value is -1.19. The molecule has 0 heterocycles. The van der Waals surface area contributed by atoms with Crippen molar-refractivity contribution in [1.29, 1.82) is 0 Å². The highest BCUT2D eigenvalue weighted by Crippen LogP contribution is 2.27. The Balaban J connectivity index is 2.43. The van der Waals surface area contributed by atoms with E-state index in [4.69, 9.17) is 0 Å². The van der Waals surface area contributed by atoms with Crippen molar-refractivity contribution < 1.29 is 4.39 Å². The van der Waals surface area contributed by atoms with E-state index in [2.05, 4.69) is 39.4 Å². The first-order chi connectivity index (χ1) is 9.02. The summed E-state index contributed by atoms with van der Waals surface area (Å²) in [5.41, 5.74) is 3.90. The summed E-state index contributed by atoms with van der Waals surface area (Å²) in [6, 6.07) is 11.6. The second kappa shape index (κ2) is 5.85. The lowest BCUT2D eigenvalue weighted by atomic mass is 9.97. The zero-order valence-electron chi connectivity index (χ0n) is 11.3. The smallest absolute Gasteiger partial charge is 0.126 e. The summed E-state index contributed by atoms with van der Waals surface area (Å²) in [5.74, 6) is -0.163. The van der Waals surface area contributed by atoms with E-state index in [0.29, 0.717) is 5.56 Å². The lowest BCUT2D eigenvalue weighted by molar-refractivity contribution is 0.608. The molecule has 0 aliphatic heterocycles. The molecule has 0 aromatic heterocycles. The van der Waals surface area contributed by atoms with Crippen molar-refractivity contribution in [3.8, 4) is 0 Å². The first-order valence-corrected chi connectivity index (χ1v) is 7.01. The average Bonchev–Trinajstić information content (AvgIpc) is 2.39. The maximum Gasteiger partial charge on any atom is 0.126 e. The Labute approximate surface area is 122 Å². The van der Waals surface area contributed by atoms with E-state index >= 15 is 0 Å². The van der Waals surface area contributed by atoms with Gasteiger partial charge < -0.3 is 5.32 Å². The Bertz CT molecular complexity index is 544. The summed E-state index contributed by atoms with van der Waals surface area (Å²) in [6.07, 6.45) is 0. The molecule has 0 saturated heterocycles. The van der Waals surface area contributed by atoms with Gasteiger partial charge in [-0.1, -0.05) is 40.2 Å². The Morgan fingerprint density at radius 3 is 2.11 bits per heavy atom. The normalized spacial score (nSPS) is 12.5. The summed E-state index contributed by atoms with van der Waals surface area (Å²) < 4.78 is 14.8. The van der Waals surface area contributed by atoms with Gasteiger partial charge in [0.1, 0.15) is 5.82 Å². The molecule has 1 atom stereocenters. The van der Waals surface area contributed by atoms with Crippen molar-refractivity contribution in [2.24, 2.45) is 0 Å². The minimum Gasteiger partial charge on any atom is -0.309 e. The van der Waals surface area contributed by atoms with E-state index in [1.165, 1.54) is 5.56 Å². The second-order valence-corrected chi connectivity index (χ2v) is 5.59. The van der Waals surface area contributed by atoms with Gasteiger partial charge in [0.05, 0.1) is 6.04 Å². The van der Waals surface area contributed by atoms with E-state index in [-0.39, 0.29) is 11.9 Å². The molecule has 2 rings (SSSR count). The highest BCUT2D eigenvalue weighted by atomic mass is 79.9. The first-order valence-electron chi connectivity index (χ1n) is 6.22. The van der Waals surface area contributed by atoms with Crippen molar-refractivity contribution in [3.63, 3.8) is 0 Å². The van der Waals surface area contributed by atoms with Gasteiger partial charge >= 0.3 is 0 Å². The van der Waals surface area contributed by atoms with Crippen LogP contribution in [0.5, 0.6) is 0 Å². The largest absolute Gasteiger partial charge is 0.309 e. The second-order valence-electron chi connectivity index (χ2n) is 4.74. The predicted octanol–water partition coefficient (Wildman–Crippen LogP) is 4.51. The highest BCUT2D eigenvalue weighted by Gasteiger charge is 2.14. The summed E-state index contributed by atoms with van der Waals surface area (Å²) in [7, 11) is 1.89. The molecule has 0 amide bonds. The van der Waals surface area contributed by atoms with Gasteiger partial charge in [0.15, 0.2) is 0 Å². The molecule has 0 spiro atoms. The van der Waals surface area contributed by atoms with Crippen LogP contribution in [-0.4, -0.2) is 7.05 Å². The van der Waals surface area contributed by atoms with Crippen LogP contribution in [0.3, 0.4) is 0 Å². The van der Waals surface area contributed by atoms with Crippen LogP contribution in [0.4, 0.5) is 4.39 Å². The van der Waals surface area contributed by atoms with E-state index in [1.807, 2.05) is 26.1 Å². The third-order valence-corrected chi connectivity index (χ3v) is 4.20. The summed E-state index contributed by atoms with van der Waals surface area (Å²) >= 11 is 3.54. The van der Waals surface area contributed by atoms with Crippen LogP contribution in [0, 0.1) is 19.7 Å². The molecule has 1 unspecified atom stereocenters. The van der Waals surface area contributed by atoms with Crippen LogP contribution in [0.1, 0.15) is 28.3 Å². The van der Waals surface area contributed by atoms with Crippen LogP contribution < -0.4 is 5.32 Å². The van der Waals surface area contributed by atoms with Crippen molar-refractivity contribution >= 4 is 15.9 Å². The fraction of sp³-hybridized carbons (Fsp3) is 0.250. The van der Waals surface area contributed by atoms with Gasteiger partial charge in [-0.15, -0.1) is 0 Å². The molecule has 19 heavy (non-hydrogen) atoms. The topological polar surface area (TPSA) is 12.0 Å². The zero-order valence-corrected chi connectivity index (χ0v) is 12.9. The Kier molecular flexibility index (Phi) is 4.38. The average molecular weight is 322 g/mol. The van der Waals surface area contributed by atoms with E-state index in [1.54, 1.807) is 13.0 Å². The molecular formula is C16H17BrFN. The Morgan fingerprint density at radius 2 is 1.58 bits per heavy atom. The number of hydrogen-bond acceptors (Lipinski definition) is 1. The summed E-state index contributed by atoms with van der Waals surface area (Å²) in [4.78, 5) is 0. The molecule has 3 heteroatoms. The molecule has 0 fully saturated rings. The van der Waals surface area contributed by atoms with Crippen LogP contribution >= 0.6 is 15.9 Å². The van der Waals surface area contributed by atoms with Crippen molar-refractivity contribution in [2.45, 2.75) is 19.9 Å². The lowest BCUT2D eigenvalue weighted by Gasteiger charge is -2.18. The third-order valence-electron chi connectivity index (χ3n) is 3.35. The van der Waals surface area contributed by atoms with Gasteiger partial charge in [0, 0.05) is 4.47 Å². The van der Waals surface area contributed by atoms with Crippen molar-refractivity contribution in [2.75, 3.05) is 7.05 Å². The predicted molar refractivity (Wildman–Crippen MR) is 80.9 cm³/mol. The summed E-state index contributed by atoms with van der Waals surface area (Å²) in [6.45, 7) is 3.82. The monoisotopic (exact) mass is 321 g/mol. The van der Waals surface area contributed by atoms with Crippen LogP contribution in [-0.2, 0) is 0 Å². The number of rotatable bonds is 3. The van der Waals surface area contributed by atoms with Gasteiger partial charge in [0.25, 0.3) is 0 Å². The molecule has 2 aromatic rings. The molecule has 0 bridgehead atoms. The fourth-order valence-electron chi connectivity index (χ4n) is 2.10. The van der Waals surface area contributed by atoms with Gasteiger partial charge in [-0.2, -0.15) is 0 Å². The number of hydrogen-bond donors (Lipinski definition) is 1. The molecule has 1 N–H and O–H groups in total. The molecule has 0 aliphatic carbocycles. The van der Waals surface area contributed by atoms with Crippen LogP contribution in [0.2, 0.25) is 0 Å². The SMILES string of the molecule is CNC(c1ccc(C)c(F)c1)c1ccc(C)c(Br)c1. The quantitative estimate of drug-likeness (QED) is 0.876. The minimum atomic E-state index is -0.163. The standard InChI is InChI=1S/C16H17BrFN/c1-10-4-6-12(8-14(10)17)16(19-3)13-7-5-11(2)15(18)9-13/h4-9,16,19H,1-3H3. The van der Waals surface area contributed by atoms with Crippen LogP contribution in [0.15, 0.2) is 40.9 Å². The molecule has 1 nitrogen and oxygen atoms in total. The van der Waals surface area contributed by atoms with Gasteiger partial charge in [0.2, 0.25) is 0 Å². The molecule has 2 aromatic carbocycles. The lowest BCUT2D eigenvalue weighted by Crippen LogP contribution is -2.18. The third kappa shape index (κ3) is 3.04. The maximum atomic E-state index is 13.7. The highest BCUT2D eigenvalue weighted by molar-refractivity contribution is 9.10.